The highest BCUT2D eigenvalue weighted by molar-refractivity contribution is 5.69. The van der Waals surface area contributed by atoms with Gasteiger partial charge in [0.2, 0.25) is 0 Å². The fourth-order valence-electron chi connectivity index (χ4n) is 6.09. The van der Waals surface area contributed by atoms with Gasteiger partial charge in [0.1, 0.15) is 6.10 Å². The lowest BCUT2D eigenvalue weighted by Gasteiger charge is -2.22. The summed E-state index contributed by atoms with van der Waals surface area (Å²) in [4.78, 5) is 15.1. The molecular weight excluding hydrogens is 558 g/mol. The van der Waals surface area contributed by atoms with E-state index in [1.807, 2.05) is 0 Å². The number of aliphatic hydroxyl groups excluding tert-OH is 1. The number of allylic oxidation sites excluding steroid dienone is 1. The van der Waals surface area contributed by atoms with Crippen molar-refractivity contribution in [3.05, 3.63) is 12.3 Å². The largest absolute Gasteiger partial charge is 0.499 e. The van der Waals surface area contributed by atoms with Crippen LogP contribution < -0.4 is 0 Å². The number of carbonyl (C=O) groups is 1. The third-order valence-corrected chi connectivity index (χ3v) is 9.06. The summed E-state index contributed by atoms with van der Waals surface area (Å²) >= 11 is 0. The SMILES string of the molecule is C=C(CCCCCCCCCCN(CCO)CCCC(=O)OC(CCCCCCCC)CCCCCCCC)OCCCCC. The lowest BCUT2D eigenvalue weighted by Crippen LogP contribution is -2.29. The van der Waals surface area contributed by atoms with E-state index in [4.69, 9.17) is 9.47 Å². The minimum atomic E-state index is -0.0234. The fraction of sp³-hybridized carbons (Fsp3) is 0.925. The van der Waals surface area contributed by atoms with Gasteiger partial charge >= 0.3 is 5.97 Å². The first kappa shape index (κ1) is 43.9. The number of carbonyl (C=O) groups excluding carboxylic acids is 1. The average Bonchev–Trinajstić information content (AvgIpc) is 3.03. The topological polar surface area (TPSA) is 59.0 Å². The number of unbranched alkanes of at least 4 members (excludes halogenated alkanes) is 19. The van der Waals surface area contributed by atoms with Gasteiger partial charge in [0.15, 0.2) is 0 Å². The van der Waals surface area contributed by atoms with Gasteiger partial charge in [-0.2, -0.15) is 0 Å². The highest BCUT2D eigenvalue weighted by atomic mass is 16.5. The third kappa shape index (κ3) is 32.7. The molecule has 0 aromatic rings. The Balaban J connectivity index is 4.08. The van der Waals surface area contributed by atoms with Gasteiger partial charge in [-0.15, -0.1) is 0 Å². The predicted molar refractivity (Wildman–Crippen MR) is 195 cm³/mol. The van der Waals surface area contributed by atoms with Crippen LogP contribution in [-0.4, -0.2) is 54.9 Å². The van der Waals surface area contributed by atoms with Crippen molar-refractivity contribution in [2.45, 2.75) is 207 Å². The summed E-state index contributed by atoms with van der Waals surface area (Å²) in [5, 5.41) is 9.56. The van der Waals surface area contributed by atoms with E-state index in [1.165, 1.54) is 135 Å². The molecule has 0 aliphatic carbocycles. The zero-order chi connectivity index (χ0) is 33.1. The van der Waals surface area contributed by atoms with E-state index in [1.54, 1.807) is 0 Å². The summed E-state index contributed by atoms with van der Waals surface area (Å²) in [6, 6.07) is 0. The second kappa shape index (κ2) is 35.8. The maximum Gasteiger partial charge on any atom is 0.306 e. The van der Waals surface area contributed by atoms with Gasteiger partial charge < -0.3 is 19.5 Å². The molecule has 0 unspecified atom stereocenters. The normalized spacial score (nSPS) is 11.5. The van der Waals surface area contributed by atoms with Crippen LogP contribution in [-0.2, 0) is 14.3 Å². The highest BCUT2D eigenvalue weighted by Gasteiger charge is 2.15. The molecule has 0 aromatic heterocycles. The number of hydrogen-bond acceptors (Lipinski definition) is 5. The second-order valence-corrected chi connectivity index (χ2v) is 13.6. The number of esters is 1. The van der Waals surface area contributed by atoms with E-state index in [0.717, 1.165) is 64.0 Å². The maximum absolute atomic E-state index is 12.8. The molecule has 5 nitrogen and oxygen atoms in total. The van der Waals surface area contributed by atoms with Gasteiger partial charge in [0.05, 0.1) is 19.0 Å². The van der Waals surface area contributed by atoms with Crippen molar-refractivity contribution < 1.29 is 19.4 Å². The van der Waals surface area contributed by atoms with Crippen LogP contribution in [0.2, 0.25) is 0 Å². The third-order valence-electron chi connectivity index (χ3n) is 9.06. The van der Waals surface area contributed by atoms with Crippen molar-refractivity contribution in [3.8, 4) is 0 Å². The molecule has 0 atom stereocenters. The summed E-state index contributed by atoms with van der Waals surface area (Å²) in [5.74, 6) is 0.941. The lowest BCUT2D eigenvalue weighted by molar-refractivity contribution is -0.150. The van der Waals surface area contributed by atoms with Crippen LogP contribution in [0, 0.1) is 0 Å². The standard InChI is InChI=1S/C40H79NO4/c1-5-8-11-13-20-24-30-39(31-25-21-14-12-9-6-2)45-40(43)32-28-34-41(35-36-42)33-26-22-18-16-15-17-19-23-29-38(4)44-37-27-10-7-3/h39,42H,4-37H2,1-3H3. The van der Waals surface area contributed by atoms with Crippen LogP contribution in [0.4, 0.5) is 0 Å². The summed E-state index contributed by atoms with van der Waals surface area (Å²) in [6.45, 7) is 14.4. The first-order valence-corrected chi connectivity index (χ1v) is 19.9. The summed E-state index contributed by atoms with van der Waals surface area (Å²) in [7, 11) is 0. The monoisotopic (exact) mass is 638 g/mol. The van der Waals surface area contributed by atoms with Gasteiger partial charge in [0.25, 0.3) is 0 Å². The van der Waals surface area contributed by atoms with Crippen LogP contribution in [0.3, 0.4) is 0 Å². The second-order valence-electron chi connectivity index (χ2n) is 13.6. The molecule has 5 heteroatoms. The van der Waals surface area contributed by atoms with Crippen molar-refractivity contribution >= 4 is 5.97 Å². The van der Waals surface area contributed by atoms with Crippen molar-refractivity contribution in [3.63, 3.8) is 0 Å². The molecule has 1 N–H and O–H groups in total. The van der Waals surface area contributed by atoms with Crippen molar-refractivity contribution in [1.82, 2.24) is 4.90 Å². The van der Waals surface area contributed by atoms with E-state index in [0.29, 0.717) is 13.0 Å². The van der Waals surface area contributed by atoms with Crippen molar-refractivity contribution in [2.75, 3.05) is 32.8 Å². The number of hydrogen-bond donors (Lipinski definition) is 1. The fourth-order valence-corrected chi connectivity index (χ4v) is 6.09. The molecule has 0 aliphatic rings. The smallest absolute Gasteiger partial charge is 0.306 e. The molecule has 0 saturated carbocycles. The lowest BCUT2D eigenvalue weighted by atomic mass is 10.0. The Hall–Kier alpha value is -1.07. The molecular formula is C40H79NO4. The molecule has 0 bridgehead atoms. The van der Waals surface area contributed by atoms with Crippen molar-refractivity contribution in [1.29, 1.82) is 0 Å². The average molecular weight is 638 g/mol. The summed E-state index contributed by atoms with van der Waals surface area (Å²) < 4.78 is 11.7. The van der Waals surface area contributed by atoms with Gasteiger partial charge in [-0.3, -0.25) is 4.79 Å². The minimum Gasteiger partial charge on any atom is -0.499 e. The Morgan fingerprint density at radius 1 is 0.578 bits per heavy atom. The number of rotatable bonds is 37. The van der Waals surface area contributed by atoms with Gasteiger partial charge in [-0.1, -0.05) is 143 Å². The van der Waals surface area contributed by atoms with E-state index in [2.05, 4.69) is 32.3 Å². The van der Waals surface area contributed by atoms with Crippen LogP contribution >= 0.6 is 0 Å². The minimum absolute atomic E-state index is 0.0234. The summed E-state index contributed by atoms with van der Waals surface area (Å²) in [6.07, 6.45) is 33.5. The Morgan fingerprint density at radius 3 is 1.60 bits per heavy atom. The maximum atomic E-state index is 12.8. The Labute approximate surface area is 281 Å². The zero-order valence-electron chi connectivity index (χ0n) is 30.7. The van der Waals surface area contributed by atoms with Crippen molar-refractivity contribution in [2.24, 2.45) is 0 Å². The zero-order valence-corrected chi connectivity index (χ0v) is 30.7. The van der Waals surface area contributed by atoms with Gasteiger partial charge in [-0.05, 0) is 64.5 Å². The molecule has 268 valence electrons. The van der Waals surface area contributed by atoms with E-state index in [-0.39, 0.29) is 18.7 Å². The molecule has 0 aromatic carbocycles. The van der Waals surface area contributed by atoms with Crippen LogP contribution in [0.25, 0.3) is 0 Å². The van der Waals surface area contributed by atoms with E-state index < -0.39 is 0 Å². The molecule has 0 spiro atoms. The highest BCUT2D eigenvalue weighted by Crippen LogP contribution is 2.18. The molecule has 0 fully saturated rings. The molecule has 0 rings (SSSR count). The molecule has 0 amide bonds. The Kier molecular flexibility index (Phi) is 34.9. The molecule has 0 radical (unpaired) electrons. The number of ether oxygens (including phenoxy) is 2. The number of aliphatic hydroxyl groups is 1. The molecule has 45 heavy (non-hydrogen) atoms. The van der Waals surface area contributed by atoms with Gasteiger partial charge in [-0.25, -0.2) is 0 Å². The van der Waals surface area contributed by atoms with Crippen LogP contribution in [0.15, 0.2) is 12.3 Å². The molecule has 0 aliphatic heterocycles. The Morgan fingerprint density at radius 2 is 1.04 bits per heavy atom. The van der Waals surface area contributed by atoms with Crippen LogP contribution in [0.5, 0.6) is 0 Å². The Bertz CT molecular complexity index is 609. The number of nitrogens with zero attached hydrogens (tertiary/aromatic N) is 1. The van der Waals surface area contributed by atoms with E-state index >= 15 is 0 Å². The molecule has 0 heterocycles. The first-order valence-electron chi connectivity index (χ1n) is 19.9. The van der Waals surface area contributed by atoms with Gasteiger partial charge in [0, 0.05) is 19.4 Å². The molecule has 0 saturated heterocycles. The first-order chi connectivity index (χ1) is 22.1. The van der Waals surface area contributed by atoms with E-state index in [9.17, 15) is 9.90 Å². The van der Waals surface area contributed by atoms with Crippen LogP contribution in [0.1, 0.15) is 201 Å². The summed E-state index contributed by atoms with van der Waals surface area (Å²) in [5.41, 5.74) is 0. The quantitative estimate of drug-likeness (QED) is 0.0417. The predicted octanol–water partition coefficient (Wildman–Crippen LogP) is 11.7.